The molecule has 6 nitrogen and oxygen atoms in total. The van der Waals surface area contributed by atoms with Gasteiger partial charge in [-0.15, -0.1) is 0 Å². The number of hydrogen-bond acceptors (Lipinski definition) is 4. The van der Waals surface area contributed by atoms with E-state index in [0.29, 0.717) is 6.42 Å². The summed E-state index contributed by atoms with van der Waals surface area (Å²) in [6.45, 7) is 3.76. The van der Waals surface area contributed by atoms with Gasteiger partial charge in [0.2, 0.25) is 0 Å². The molecular formula is C27H26N2O4S2. The number of benzene rings is 4. The van der Waals surface area contributed by atoms with E-state index in [9.17, 15) is 16.8 Å². The van der Waals surface area contributed by atoms with Crippen LogP contribution in [0, 0.1) is 13.8 Å². The van der Waals surface area contributed by atoms with Gasteiger partial charge in [0.05, 0.1) is 21.2 Å². The lowest BCUT2D eigenvalue weighted by Gasteiger charge is -2.14. The van der Waals surface area contributed by atoms with Crippen molar-refractivity contribution in [3.63, 3.8) is 0 Å². The lowest BCUT2D eigenvalue weighted by atomic mass is 10.0. The molecule has 4 rings (SSSR count). The molecule has 0 saturated carbocycles. The van der Waals surface area contributed by atoms with Crippen molar-refractivity contribution < 1.29 is 16.8 Å². The summed E-state index contributed by atoms with van der Waals surface area (Å²) in [5, 5.41) is 0. The Kier molecular flexibility index (Phi) is 6.95. The molecule has 8 heteroatoms. The minimum atomic E-state index is -3.86. The Morgan fingerprint density at radius 2 is 0.971 bits per heavy atom. The highest BCUT2D eigenvalue weighted by atomic mass is 32.2. The average Bonchev–Trinajstić information content (AvgIpc) is 2.79. The first-order chi connectivity index (χ1) is 16.6. The van der Waals surface area contributed by atoms with Gasteiger partial charge >= 0.3 is 0 Å². The smallest absolute Gasteiger partial charge is 0.261 e. The Labute approximate surface area is 206 Å². The highest BCUT2D eigenvalue weighted by molar-refractivity contribution is 7.93. The van der Waals surface area contributed by atoms with Crippen LogP contribution in [0.2, 0.25) is 0 Å². The zero-order chi connectivity index (χ0) is 25.1. The van der Waals surface area contributed by atoms with E-state index < -0.39 is 20.0 Å². The number of nitrogens with one attached hydrogen (secondary N) is 2. The molecule has 0 bridgehead atoms. The highest BCUT2D eigenvalue weighted by Crippen LogP contribution is 2.26. The number of anilines is 2. The summed E-state index contributed by atoms with van der Waals surface area (Å²) in [6.07, 6.45) is 0.500. The molecule has 0 fully saturated rings. The van der Waals surface area contributed by atoms with Crippen LogP contribution in [0.3, 0.4) is 0 Å². The summed E-state index contributed by atoms with van der Waals surface area (Å²) in [6, 6.07) is 27.6. The summed E-state index contributed by atoms with van der Waals surface area (Å²) < 4.78 is 57.1. The van der Waals surface area contributed by atoms with Crippen molar-refractivity contribution in [2.45, 2.75) is 30.1 Å². The van der Waals surface area contributed by atoms with Gasteiger partial charge in [0, 0.05) is 0 Å². The molecule has 0 heterocycles. The van der Waals surface area contributed by atoms with Gasteiger partial charge in [0.1, 0.15) is 0 Å². The molecule has 0 atom stereocenters. The summed E-state index contributed by atoms with van der Waals surface area (Å²) in [5.74, 6) is 0. The zero-order valence-corrected chi connectivity index (χ0v) is 21.0. The molecule has 2 N–H and O–H groups in total. The van der Waals surface area contributed by atoms with Crippen LogP contribution in [0.15, 0.2) is 107 Å². The van der Waals surface area contributed by atoms with Crippen LogP contribution in [0.5, 0.6) is 0 Å². The average molecular weight is 507 g/mol. The van der Waals surface area contributed by atoms with E-state index in [0.717, 1.165) is 22.3 Å². The molecule has 180 valence electrons. The molecule has 0 aliphatic rings. The van der Waals surface area contributed by atoms with E-state index in [1.165, 1.54) is 30.3 Å². The molecule has 4 aromatic carbocycles. The molecular weight excluding hydrogens is 480 g/mol. The van der Waals surface area contributed by atoms with E-state index in [4.69, 9.17) is 0 Å². The number of hydrogen-bond donors (Lipinski definition) is 2. The van der Waals surface area contributed by atoms with Crippen molar-refractivity contribution in [1.29, 1.82) is 0 Å². The Bertz CT molecular complexity index is 1440. The molecule has 0 unspecified atom stereocenters. The fraction of sp³-hybridized carbons (Fsp3) is 0.111. The topological polar surface area (TPSA) is 92.3 Å². The molecule has 0 aliphatic carbocycles. The van der Waals surface area contributed by atoms with Crippen LogP contribution in [-0.4, -0.2) is 16.8 Å². The summed E-state index contributed by atoms with van der Waals surface area (Å²) in [7, 11) is -7.73. The molecule has 0 aromatic heterocycles. The summed E-state index contributed by atoms with van der Waals surface area (Å²) >= 11 is 0. The first-order valence-electron chi connectivity index (χ1n) is 11.0. The standard InChI is InChI=1S/C27H26N2O4S2/c1-20-8-12-26(13-9-20)34(30,31)28-24-17-23(16-22-6-4-3-5-7-22)18-25(19-24)29-35(32,33)27-14-10-21(2)11-15-27/h3-15,17-19,28-29H,16H2,1-2H3. The second kappa shape index (κ2) is 9.93. The fourth-order valence-electron chi connectivity index (χ4n) is 3.61. The van der Waals surface area contributed by atoms with E-state index in [-0.39, 0.29) is 21.2 Å². The predicted molar refractivity (Wildman–Crippen MR) is 140 cm³/mol. The lowest BCUT2D eigenvalue weighted by Crippen LogP contribution is -2.15. The minimum absolute atomic E-state index is 0.123. The molecule has 0 spiro atoms. The van der Waals surface area contributed by atoms with Gasteiger partial charge in [-0.3, -0.25) is 9.44 Å². The lowest BCUT2D eigenvalue weighted by molar-refractivity contribution is 0.599. The molecule has 0 aliphatic heterocycles. The van der Waals surface area contributed by atoms with Gasteiger partial charge in [0.25, 0.3) is 20.0 Å². The Morgan fingerprint density at radius 3 is 1.40 bits per heavy atom. The van der Waals surface area contributed by atoms with Crippen LogP contribution in [0.1, 0.15) is 22.3 Å². The van der Waals surface area contributed by atoms with Crippen LogP contribution < -0.4 is 9.44 Å². The van der Waals surface area contributed by atoms with Gasteiger partial charge < -0.3 is 0 Å². The third kappa shape index (κ3) is 6.29. The normalized spacial score (nSPS) is 11.7. The molecule has 35 heavy (non-hydrogen) atoms. The molecule has 0 radical (unpaired) electrons. The van der Waals surface area contributed by atoms with E-state index >= 15 is 0 Å². The quantitative estimate of drug-likeness (QED) is 0.330. The predicted octanol–water partition coefficient (Wildman–Crippen LogP) is 5.50. The van der Waals surface area contributed by atoms with E-state index in [1.807, 2.05) is 44.2 Å². The third-order valence-corrected chi connectivity index (χ3v) is 8.21. The maximum absolute atomic E-state index is 13.0. The van der Waals surface area contributed by atoms with Crippen LogP contribution in [0.4, 0.5) is 11.4 Å². The van der Waals surface area contributed by atoms with Crippen molar-refractivity contribution in [2.24, 2.45) is 0 Å². The van der Waals surface area contributed by atoms with Crippen LogP contribution >= 0.6 is 0 Å². The maximum Gasteiger partial charge on any atom is 0.261 e. The van der Waals surface area contributed by atoms with Gasteiger partial charge in [-0.05, 0) is 73.9 Å². The largest absolute Gasteiger partial charge is 0.280 e. The second-order valence-electron chi connectivity index (χ2n) is 8.42. The maximum atomic E-state index is 13.0. The van der Waals surface area contributed by atoms with Crippen LogP contribution in [0.25, 0.3) is 0 Å². The Hall–Kier alpha value is -3.62. The Morgan fingerprint density at radius 1 is 0.543 bits per heavy atom. The van der Waals surface area contributed by atoms with Crippen LogP contribution in [-0.2, 0) is 26.5 Å². The summed E-state index contributed by atoms with van der Waals surface area (Å²) in [4.78, 5) is 0.247. The van der Waals surface area contributed by atoms with Crippen molar-refractivity contribution in [3.05, 3.63) is 119 Å². The molecule has 4 aromatic rings. The molecule has 0 saturated heterocycles. The number of sulfonamides is 2. The van der Waals surface area contributed by atoms with Crippen molar-refractivity contribution >= 4 is 31.4 Å². The highest BCUT2D eigenvalue weighted by Gasteiger charge is 2.18. The third-order valence-electron chi connectivity index (χ3n) is 5.41. The second-order valence-corrected chi connectivity index (χ2v) is 11.8. The molecule has 0 amide bonds. The van der Waals surface area contributed by atoms with Crippen molar-refractivity contribution in [2.75, 3.05) is 9.44 Å². The van der Waals surface area contributed by atoms with Gasteiger partial charge in [-0.1, -0.05) is 65.7 Å². The zero-order valence-electron chi connectivity index (χ0n) is 19.4. The number of aryl methyl sites for hydroxylation is 2. The fourth-order valence-corrected chi connectivity index (χ4v) is 5.69. The van der Waals surface area contributed by atoms with Gasteiger partial charge in [-0.2, -0.15) is 0 Å². The van der Waals surface area contributed by atoms with Crippen molar-refractivity contribution in [3.8, 4) is 0 Å². The SMILES string of the molecule is Cc1ccc(S(=O)(=O)Nc2cc(Cc3ccccc3)cc(NS(=O)(=O)c3ccc(C)cc3)c2)cc1. The minimum Gasteiger partial charge on any atom is -0.280 e. The van der Waals surface area contributed by atoms with Crippen molar-refractivity contribution in [1.82, 2.24) is 0 Å². The monoisotopic (exact) mass is 506 g/mol. The first-order valence-corrected chi connectivity index (χ1v) is 13.9. The summed E-state index contributed by atoms with van der Waals surface area (Å²) in [5.41, 5.74) is 4.18. The van der Waals surface area contributed by atoms with Gasteiger partial charge in [-0.25, -0.2) is 16.8 Å². The number of rotatable bonds is 8. The van der Waals surface area contributed by atoms with E-state index in [2.05, 4.69) is 9.44 Å². The Balaban J connectivity index is 1.70. The van der Waals surface area contributed by atoms with Gasteiger partial charge in [0.15, 0.2) is 0 Å². The first kappa shape index (κ1) is 24.5. The van der Waals surface area contributed by atoms with E-state index in [1.54, 1.807) is 36.4 Å².